The Morgan fingerprint density at radius 3 is 2.90 bits per heavy atom. The Labute approximate surface area is 124 Å². The number of amides is 1. The van der Waals surface area contributed by atoms with Crippen molar-refractivity contribution in [1.29, 1.82) is 0 Å². The normalized spacial score (nSPS) is 13.4. The molecule has 1 amide bonds. The zero-order valence-electron chi connectivity index (χ0n) is 12.2. The lowest BCUT2D eigenvalue weighted by Crippen LogP contribution is -2.31. The molecular formula is C16H18N4O. The third-order valence-corrected chi connectivity index (χ3v) is 3.47. The van der Waals surface area contributed by atoms with Crippen molar-refractivity contribution in [3.8, 4) is 0 Å². The zero-order chi connectivity index (χ0) is 14.8. The summed E-state index contributed by atoms with van der Waals surface area (Å²) in [6.45, 7) is 4.73. The van der Waals surface area contributed by atoms with Crippen molar-refractivity contribution in [3.63, 3.8) is 0 Å². The van der Waals surface area contributed by atoms with Crippen LogP contribution in [0.5, 0.6) is 0 Å². The molecule has 1 aliphatic heterocycles. The van der Waals surface area contributed by atoms with Gasteiger partial charge in [0.25, 0.3) is 5.91 Å². The highest BCUT2D eigenvalue weighted by molar-refractivity contribution is 5.93. The first-order valence-corrected chi connectivity index (χ1v) is 7.13. The van der Waals surface area contributed by atoms with Gasteiger partial charge in [-0.3, -0.25) is 4.79 Å². The monoisotopic (exact) mass is 282 g/mol. The third-order valence-electron chi connectivity index (χ3n) is 3.47. The quantitative estimate of drug-likeness (QED) is 0.938. The summed E-state index contributed by atoms with van der Waals surface area (Å²) in [5, 5.41) is 2.85. The maximum atomic E-state index is 12.0. The van der Waals surface area contributed by atoms with Crippen molar-refractivity contribution >= 4 is 17.4 Å². The standard InChI is InChI=1S/C16H18N4O/c1-11(2)19-16(21)13-9-15(18-10-17-13)20-8-7-12-5-3-4-6-14(12)20/h3-6,9-11H,7-8H2,1-2H3,(H,19,21). The van der Waals surface area contributed by atoms with Crippen molar-refractivity contribution in [2.45, 2.75) is 26.3 Å². The third kappa shape index (κ3) is 2.72. The van der Waals surface area contributed by atoms with Gasteiger partial charge in [0, 0.05) is 24.3 Å². The molecule has 2 heterocycles. The van der Waals surface area contributed by atoms with Crippen molar-refractivity contribution in [1.82, 2.24) is 15.3 Å². The maximum Gasteiger partial charge on any atom is 0.270 e. The van der Waals surface area contributed by atoms with Crippen LogP contribution in [-0.4, -0.2) is 28.5 Å². The Morgan fingerprint density at radius 1 is 1.29 bits per heavy atom. The molecule has 1 aliphatic rings. The van der Waals surface area contributed by atoms with E-state index in [0.717, 1.165) is 24.5 Å². The minimum absolute atomic E-state index is 0.0865. The van der Waals surface area contributed by atoms with Crippen LogP contribution in [0.15, 0.2) is 36.7 Å². The van der Waals surface area contributed by atoms with E-state index in [2.05, 4.69) is 32.3 Å². The van der Waals surface area contributed by atoms with Gasteiger partial charge in [-0.25, -0.2) is 9.97 Å². The summed E-state index contributed by atoms with van der Waals surface area (Å²) in [4.78, 5) is 22.6. The SMILES string of the molecule is CC(C)NC(=O)c1cc(N2CCc3ccccc32)ncn1. The fraction of sp³-hybridized carbons (Fsp3) is 0.312. The van der Waals surface area contributed by atoms with E-state index in [-0.39, 0.29) is 11.9 Å². The number of nitrogens with zero attached hydrogens (tertiary/aromatic N) is 3. The summed E-state index contributed by atoms with van der Waals surface area (Å²) in [6, 6.07) is 10.1. The Hall–Kier alpha value is -2.43. The molecule has 1 aromatic carbocycles. The lowest BCUT2D eigenvalue weighted by Gasteiger charge is -2.18. The van der Waals surface area contributed by atoms with Crippen LogP contribution in [0.1, 0.15) is 29.9 Å². The number of para-hydroxylation sites is 1. The van der Waals surface area contributed by atoms with Crippen LogP contribution >= 0.6 is 0 Å². The van der Waals surface area contributed by atoms with Gasteiger partial charge in [-0.1, -0.05) is 18.2 Å². The van der Waals surface area contributed by atoms with Crippen LogP contribution in [0.25, 0.3) is 0 Å². The zero-order valence-corrected chi connectivity index (χ0v) is 12.2. The molecule has 0 radical (unpaired) electrons. The van der Waals surface area contributed by atoms with Gasteiger partial charge in [0.15, 0.2) is 0 Å². The summed E-state index contributed by atoms with van der Waals surface area (Å²) < 4.78 is 0. The minimum atomic E-state index is -0.166. The van der Waals surface area contributed by atoms with E-state index in [4.69, 9.17) is 0 Å². The highest BCUT2D eigenvalue weighted by Crippen LogP contribution is 2.32. The molecule has 0 atom stereocenters. The van der Waals surface area contributed by atoms with Gasteiger partial charge in [-0.15, -0.1) is 0 Å². The summed E-state index contributed by atoms with van der Waals surface area (Å²) >= 11 is 0. The van der Waals surface area contributed by atoms with Gasteiger partial charge >= 0.3 is 0 Å². The van der Waals surface area contributed by atoms with E-state index in [0.29, 0.717) is 5.69 Å². The summed E-state index contributed by atoms with van der Waals surface area (Å²) in [5.74, 6) is 0.602. The molecule has 1 N–H and O–H groups in total. The highest BCUT2D eigenvalue weighted by Gasteiger charge is 2.21. The predicted octanol–water partition coefficient (Wildman–Crippen LogP) is 2.31. The van der Waals surface area contributed by atoms with Gasteiger partial charge in [-0.05, 0) is 31.9 Å². The fourth-order valence-electron chi connectivity index (χ4n) is 2.53. The van der Waals surface area contributed by atoms with Gasteiger partial charge < -0.3 is 10.2 Å². The number of hydrogen-bond donors (Lipinski definition) is 1. The van der Waals surface area contributed by atoms with Crippen molar-refractivity contribution in [2.75, 3.05) is 11.4 Å². The van der Waals surface area contributed by atoms with Crippen LogP contribution in [0.2, 0.25) is 0 Å². The Balaban J connectivity index is 1.89. The molecule has 0 saturated carbocycles. The van der Waals surface area contributed by atoms with E-state index in [1.807, 2.05) is 26.0 Å². The molecule has 0 unspecified atom stereocenters. The second kappa shape index (κ2) is 5.52. The summed E-state index contributed by atoms with van der Waals surface area (Å²) in [7, 11) is 0. The number of nitrogens with one attached hydrogen (secondary N) is 1. The lowest BCUT2D eigenvalue weighted by molar-refractivity contribution is 0.0938. The topological polar surface area (TPSA) is 58.1 Å². The number of carbonyl (C=O) groups is 1. The van der Waals surface area contributed by atoms with E-state index < -0.39 is 0 Å². The average Bonchev–Trinajstić information content (AvgIpc) is 2.90. The Kier molecular flexibility index (Phi) is 3.56. The van der Waals surface area contributed by atoms with Crippen LogP contribution < -0.4 is 10.2 Å². The molecule has 108 valence electrons. The van der Waals surface area contributed by atoms with Gasteiger partial charge in [0.05, 0.1) is 0 Å². The van der Waals surface area contributed by atoms with Crippen molar-refractivity contribution in [3.05, 3.63) is 47.9 Å². The number of fused-ring (bicyclic) bond motifs is 1. The maximum absolute atomic E-state index is 12.0. The fourth-order valence-corrected chi connectivity index (χ4v) is 2.53. The number of hydrogen-bond acceptors (Lipinski definition) is 4. The smallest absolute Gasteiger partial charge is 0.270 e. The van der Waals surface area contributed by atoms with E-state index in [1.165, 1.54) is 11.9 Å². The molecule has 0 saturated heterocycles. The van der Waals surface area contributed by atoms with E-state index in [9.17, 15) is 4.79 Å². The van der Waals surface area contributed by atoms with Crippen molar-refractivity contribution in [2.24, 2.45) is 0 Å². The van der Waals surface area contributed by atoms with Crippen molar-refractivity contribution < 1.29 is 4.79 Å². The Morgan fingerprint density at radius 2 is 2.10 bits per heavy atom. The molecule has 3 rings (SSSR count). The molecule has 0 fully saturated rings. The molecule has 2 aromatic rings. The number of benzene rings is 1. The number of carbonyl (C=O) groups excluding carboxylic acids is 1. The molecular weight excluding hydrogens is 264 g/mol. The van der Waals surface area contributed by atoms with Crippen LogP contribution in [-0.2, 0) is 6.42 Å². The molecule has 0 spiro atoms. The largest absolute Gasteiger partial charge is 0.349 e. The second-order valence-corrected chi connectivity index (χ2v) is 5.42. The van der Waals surface area contributed by atoms with Crippen LogP contribution in [0, 0.1) is 0 Å². The Bertz CT molecular complexity index is 669. The molecule has 5 nitrogen and oxygen atoms in total. The average molecular weight is 282 g/mol. The van der Waals surface area contributed by atoms with Gasteiger partial charge in [0.1, 0.15) is 17.8 Å². The van der Waals surface area contributed by atoms with Gasteiger partial charge in [-0.2, -0.15) is 0 Å². The first-order chi connectivity index (χ1) is 10.1. The van der Waals surface area contributed by atoms with E-state index in [1.54, 1.807) is 6.07 Å². The molecule has 0 bridgehead atoms. The minimum Gasteiger partial charge on any atom is -0.349 e. The summed E-state index contributed by atoms with van der Waals surface area (Å²) in [5.41, 5.74) is 2.87. The van der Waals surface area contributed by atoms with Crippen LogP contribution in [0.3, 0.4) is 0 Å². The predicted molar refractivity (Wildman–Crippen MR) is 81.8 cm³/mol. The molecule has 0 aliphatic carbocycles. The number of anilines is 2. The number of rotatable bonds is 3. The van der Waals surface area contributed by atoms with Gasteiger partial charge in [0.2, 0.25) is 0 Å². The first-order valence-electron chi connectivity index (χ1n) is 7.13. The molecule has 1 aromatic heterocycles. The highest BCUT2D eigenvalue weighted by atomic mass is 16.1. The lowest BCUT2D eigenvalue weighted by atomic mass is 10.2. The van der Waals surface area contributed by atoms with Crippen LogP contribution in [0.4, 0.5) is 11.5 Å². The summed E-state index contributed by atoms with van der Waals surface area (Å²) in [6.07, 6.45) is 2.44. The van der Waals surface area contributed by atoms with E-state index >= 15 is 0 Å². The molecule has 21 heavy (non-hydrogen) atoms. The number of aromatic nitrogens is 2. The second-order valence-electron chi connectivity index (χ2n) is 5.42. The molecule has 5 heteroatoms. The first kappa shape index (κ1) is 13.5.